The van der Waals surface area contributed by atoms with Gasteiger partial charge in [0.25, 0.3) is 5.91 Å². The Bertz CT molecular complexity index is 857. The molecule has 2 atom stereocenters. The third-order valence-corrected chi connectivity index (χ3v) is 5.79. The van der Waals surface area contributed by atoms with Gasteiger partial charge in [0.05, 0.1) is 6.54 Å². The molecular weight excluding hydrogens is 414 g/mol. The summed E-state index contributed by atoms with van der Waals surface area (Å²) in [5, 5.41) is 5.49. The maximum atomic E-state index is 13.1. The van der Waals surface area contributed by atoms with Crippen LogP contribution >= 0.6 is 0 Å². The number of amides is 4. The van der Waals surface area contributed by atoms with Crippen molar-refractivity contribution in [1.29, 1.82) is 0 Å². The molecule has 3 rings (SSSR count). The lowest BCUT2D eigenvalue weighted by atomic mass is 10.0. The van der Waals surface area contributed by atoms with Gasteiger partial charge >= 0.3 is 0 Å². The van der Waals surface area contributed by atoms with Gasteiger partial charge in [0.15, 0.2) is 0 Å². The zero-order valence-electron chi connectivity index (χ0n) is 18.8. The largest absolute Gasteiger partial charge is 0.378 e. The van der Waals surface area contributed by atoms with E-state index >= 15 is 0 Å². The van der Waals surface area contributed by atoms with Crippen molar-refractivity contribution in [3.05, 3.63) is 29.8 Å². The number of benzene rings is 1. The third-order valence-electron chi connectivity index (χ3n) is 5.79. The number of carbonyl (C=O) groups is 4. The Morgan fingerprint density at radius 2 is 1.91 bits per heavy atom. The first-order valence-electron chi connectivity index (χ1n) is 10.7. The number of rotatable bonds is 6. The van der Waals surface area contributed by atoms with Crippen LogP contribution in [-0.4, -0.2) is 99.5 Å². The average molecular weight is 446 g/mol. The summed E-state index contributed by atoms with van der Waals surface area (Å²) < 4.78 is 4.95. The topological polar surface area (TPSA) is 111 Å². The molecule has 2 heterocycles. The number of nitrogens with one attached hydrogen (secondary N) is 2. The predicted molar refractivity (Wildman–Crippen MR) is 118 cm³/mol. The monoisotopic (exact) mass is 445 g/mol. The van der Waals surface area contributed by atoms with Crippen LogP contribution in [0.1, 0.15) is 23.2 Å². The van der Waals surface area contributed by atoms with Gasteiger partial charge in [-0.3, -0.25) is 19.2 Å². The minimum Gasteiger partial charge on any atom is -0.378 e. The van der Waals surface area contributed by atoms with Gasteiger partial charge in [-0.05, 0) is 37.1 Å². The smallest absolute Gasteiger partial charge is 0.254 e. The summed E-state index contributed by atoms with van der Waals surface area (Å²) in [4.78, 5) is 55.7. The Labute approximate surface area is 187 Å². The highest BCUT2D eigenvalue weighted by atomic mass is 16.5. The fraction of sp³-hybridized carbons (Fsp3) is 0.545. The van der Waals surface area contributed by atoms with Gasteiger partial charge in [-0.1, -0.05) is 0 Å². The molecule has 0 saturated carbocycles. The van der Waals surface area contributed by atoms with Crippen LogP contribution < -0.4 is 15.5 Å². The number of nitrogens with zero attached hydrogens (tertiary/aromatic N) is 3. The van der Waals surface area contributed by atoms with Crippen molar-refractivity contribution < 1.29 is 23.9 Å². The molecular formula is C22H31N5O5. The Hall–Kier alpha value is -3.14. The Morgan fingerprint density at radius 3 is 2.53 bits per heavy atom. The summed E-state index contributed by atoms with van der Waals surface area (Å²) >= 11 is 0. The van der Waals surface area contributed by atoms with Crippen LogP contribution in [0.3, 0.4) is 0 Å². The number of ether oxygens (including phenoxy) is 1. The lowest BCUT2D eigenvalue weighted by molar-refractivity contribution is -0.146. The van der Waals surface area contributed by atoms with E-state index in [1.165, 1.54) is 12.0 Å². The maximum Gasteiger partial charge on any atom is 0.254 e. The first-order chi connectivity index (χ1) is 15.3. The maximum absolute atomic E-state index is 13.1. The van der Waals surface area contributed by atoms with E-state index in [2.05, 4.69) is 10.6 Å². The molecule has 0 aromatic heterocycles. The summed E-state index contributed by atoms with van der Waals surface area (Å²) in [7, 11) is 5.25. The van der Waals surface area contributed by atoms with Crippen molar-refractivity contribution in [3.63, 3.8) is 0 Å². The lowest BCUT2D eigenvalue weighted by Gasteiger charge is -2.41. The first-order valence-corrected chi connectivity index (χ1v) is 10.7. The van der Waals surface area contributed by atoms with Gasteiger partial charge in [0.1, 0.15) is 18.7 Å². The molecule has 1 aromatic rings. The van der Waals surface area contributed by atoms with Crippen molar-refractivity contribution >= 4 is 29.3 Å². The predicted octanol–water partition coefficient (Wildman–Crippen LogP) is -0.553. The van der Waals surface area contributed by atoms with Crippen LogP contribution in [0.25, 0.3) is 0 Å². The molecule has 2 aliphatic rings. The molecule has 32 heavy (non-hydrogen) atoms. The van der Waals surface area contributed by atoms with Crippen molar-refractivity contribution in [3.8, 4) is 0 Å². The average Bonchev–Trinajstić information content (AvgIpc) is 2.80. The molecule has 0 radical (unpaired) electrons. The Kier molecular flexibility index (Phi) is 7.68. The molecule has 2 saturated heterocycles. The minimum atomic E-state index is -0.897. The summed E-state index contributed by atoms with van der Waals surface area (Å²) in [5.41, 5.74) is 1.48. The van der Waals surface area contributed by atoms with Gasteiger partial charge < -0.3 is 30.1 Å². The second-order valence-electron chi connectivity index (χ2n) is 8.22. The van der Waals surface area contributed by atoms with Crippen LogP contribution in [0.5, 0.6) is 0 Å². The van der Waals surface area contributed by atoms with Gasteiger partial charge in [0, 0.05) is 52.1 Å². The Morgan fingerprint density at radius 1 is 1.19 bits per heavy atom. The second-order valence-corrected chi connectivity index (χ2v) is 8.22. The number of hydrogen-bond donors (Lipinski definition) is 2. The van der Waals surface area contributed by atoms with E-state index in [0.717, 1.165) is 12.1 Å². The van der Waals surface area contributed by atoms with Gasteiger partial charge in [0.2, 0.25) is 17.7 Å². The molecule has 2 aliphatic heterocycles. The summed E-state index contributed by atoms with van der Waals surface area (Å²) in [6, 6.07) is 5.68. The molecule has 0 unspecified atom stereocenters. The number of methoxy groups -OCH3 is 1. The number of piperidine rings is 1. The van der Waals surface area contributed by atoms with E-state index in [4.69, 9.17) is 4.74 Å². The van der Waals surface area contributed by atoms with Crippen molar-refractivity contribution in [1.82, 2.24) is 20.4 Å². The van der Waals surface area contributed by atoms with Crippen LogP contribution in [-0.2, 0) is 19.1 Å². The molecule has 174 valence electrons. The molecule has 0 aliphatic carbocycles. The van der Waals surface area contributed by atoms with E-state index in [1.807, 2.05) is 31.1 Å². The molecule has 4 amide bonds. The summed E-state index contributed by atoms with van der Waals surface area (Å²) in [6.45, 7) is 0.982. The fourth-order valence-electron chi connectivity index (χ4n) is 3.96. The first kappa shape index (κ1) is 23.5. The molecule has 2 N–H and O–H groups in total. The zero-order valence-corrected chi connectivity index (χ0v) is 18.8. The van der Waals surface area contributed by atoms with E-state index in [-0.39, 0.29) is 37.4 Å². The molecule has 10 nitrogen and oxygen atoms in total. The third kappa shape index (κ3) is 5.37. The summed E-state index contributed by atoms with van der Waals surface area (Å²) in [6.07, 6.45) is 1.30. The van der Waals surface area contributed by atoms with Gasteiger partial charge in [-0.2, -0.15) is 0 Å². The number of piperazine rings is 1. The van der Waals surface area contributed by atoms with Crippen molar-refractivity contribution in [2.75, 3.05) is 58.9 Å². The van der Waals surface area contributed by atoms with Crippen molar-refractivity contribution in [2.24, 2.45) is 0 Å². The van der Waals surface area contributed by atoms with Crippen LogP contribution in [0.2, 0.25) is 0 Å². The van der Waals surface area contributed by atoms with Crippen LogP contribution in [0.15, 0.2) is 24.3 Å². The standard InChI is InChI=1S/C22H31N5O5/c1-25(2)16-8-6-15(7-9-16)22(31)26-11-12-27(19(28)14-32-3)18(13-26)21(30)24-17-5-4-10-23-20(17)29/h6-9,17-18H,4-5,10-14H2,1-3H3,(H,23,29)(H,24,30)/t17-,18+/m1/s1. The fourth-order valence-corrected chi connectivity index (χ4v) is 3.96. The SMILES string of the molecule is COCC(=O)N1CCN(C(=O)c2ccc(N(C)C)cc2)C[C@H]1C(=O)N[C@@H]1CCCNC1=O. The van der Waals surface area contributed by atoms with E-state index in [9.17, 15) is 19.2 Å². The number of anilines is 1. The zero-order chi connectivity index (χ0) is 23.3. The van der Waals surface area contributed by atoms with Crippen molar-refractivity contribution in [2.45, 2.75) is 24.9 Å². The number of hydrogen-bond acceptors (Lipinski definition) is 6. The normalized spacial score (nSPS) is 21.0. The lowest BCUT2D eigenvalue weighted by Crippen LogP contribution is -2.64. The minimum absolute atomic E-state index is 0.0455. The van der Waals surface area contributed by atoms with E-state index in [1.54, 1.807) is 17.0 Å². The van der Waals surface area contributed by atoms with Gasteiger partial charge in [-0.25, -0.2) is 0 Å². The highest BCUT2D eigenvalue weighted by Gasteiger charge is 2.38. The molecule has 2 fully saturated rings. The molecule has 0 spiro atoms. The summed E-state index contributed by atoms with van der Waals surface area (Å²) in [5.74, 6) is -1.22. The highest BCUT2D eigenvalue weighted by molar-refractivity contribution is 5.97. The molecule has 10 heteroatoms. The van der Waals surface area contributed by atoms with Crippen LogP contribution in [0, 0.1) is 0 Å². The number of carbonyl (C=O) groups excluding carboxylic acids is 4. The van der Waals surface area contributed by atoms with Gasteiger partial charge in [-0.15, -0.1) is 0 Å². The van der Waals surface area contributed by atoms with Crippen LogP contribution in [0.4, 0.5) is 5.69 Å². The van der Waals surface area contributed by atoms with E-state index < -0.39 is 18.0 Å². The highest BCUT2D eigenvalue weighted by Crippen LogP contribution is 2.18. The Balaban J connectivity index is 1.75. The quantitative estimate of drug-likeness (QED) is 0.608. The second kappa shape index (κ2) is 10.4. The molecule has 1 aromatic carbocycles. The van der Waals surface area contributed by atoms with E-state index in [0.29, 0.717) is 25.1 Å². The molecule has 0 bridgehead atoms.